The SMILES string of the molecule is O=C(CCCCc1cccs1)NCC(c1ccco1)N1CCOCC1. The first-order chi connectivity index (χ1) is 12.3. The first-order valence-corrected chi connectivity index (χ1v) is 9.85. The Bertz CT molecular complexity index is 607. The van der Waals surface area contributed by atoms with Gasteiger partial charge in [-0.25, -0.2) is 0 Å². The molecule has 1 atom stereocenters. The van der Waals surface area contributed by atoms with E-state index in [9.17, 15) is 4.79 Å². The van der Waals surface area contributed by atoms with Crippen LogP contribution in [-0.4, -0.2) is 43.7 Å². The number of furan rings is 1. The van der Waals surface area contributed by atoms with E-state index in [1.807, 2.05) is 12.1 Å². The Morgan fingerprint density at radius 2 is 2.12 bits per heavy atom. The highest BCUT2D eigenvalue weighted by molar-refractivity contribution is 7.09. The highest BCUT2D eigenvalue weighted by atomic mass is 32.1. The number of hydrogen-bond donors (Lipinski definition) is 1. The zero-order valence-electron chi connectivity index (χ0n) is 14.5. The molecule has 3 heterocycles. The molecular formula is C19H26N2O3S. The molecule has 5 nitrogen and oxygen atoms in total. The van der Waals surface area contributed by atoms with Crippen LogP contribution in [0.15, 0.2) is 40.3 Å². The van der Waals surface area contributed by atoms with Crippen LogP contribution in [0, 0.1) is 0 Å². The molecule has 1 aliphatic rings. The minimum atomic E-state index is 0.0777. The standard InChI is InChI=1S/C19H26N2O3S/c22-19(8-2-1-5-16-6-4-14-25-16)20-15-17(18-7-3-11-24-18)21-9-12-23-13-10-21/h3-4,6-7,11,14,17H,1-2,5,8-10,12-13,15H2,(H,20,22). The molecule has 2 aromatic heterocycles. The molecule has 1 aliphatic heterocycles. The van der Waals surface area contributed by atoms with E-state index in [2.05, 4.69) is 27.7 Å². The van der Waals surface area contributed by atoms with Crippen LogP contribution in [0.1, 0.15) is 35.9 Å². The van der Waals surface area contributed by atoms with Crippen molar-refractivity contribution in [3.63, 3.8) is 0 Å². The summed E-state index contributed by atoms with van der Waals surface area (Å²) in [7, 11) is 0. The second-order valence-corrected chi connectivity index (χ2v) is 7.30. The number of amides is 1. The molecule has 2 aromatic rings. The molecule has 0 saturated carbocycles. The maximum Gasteiger partial charge on any atom is 0.220 e. The largest absolute Gasteiger partial charge is 0.468 e. The van der Waals surface area contributed by atoms with Crippen LogP contribution in [0.4, 0.5) is 0 Å². The van der Waals surface area contributed by atoms with Crippen molar-refractivity contribution in [2.24, 2.45) is 0 Å². The van der Waals surface area contributed by atoms with Gasteiger partial charge in [0.1, 0.15) is 5.76 Å². The monoisotopic (exact) mass is 362 g/mol. The molecular weight excluding hydrogens is 336 g/mol. The average molecular weight is 362 g/mol. The van der Waals surface area contributed by atoms with E-state index in [1.165, 1.54) is 4.88 Å². The Kier molecular flexibility index (Phi) is 7.09. The number of hydrogen-bond acceptors (Lipinski definition) is 5. The minimum absolute atomic E-state index is 0.0777. The maximum atomic E-state index is 12.2. The topological polar surface area (TPSA) is 54.7 Å². The molecule has 1 unspecified atom stereocenters. The fourth-order valence-electron chi connectivity index (χ4n) is 3.12. The van der Waals surface area contributed by atoms with E-state index in [1.54, 1.807) is 17.6 Å². The summed E-state index contributed by atoms with van der Waals surface area (Å²) in [5, 5.41) is 5.18. The quantitative estimate of drug-likeness (QED) is 0.696. The van der Waals surface area contributed by atoms with Crippen molar-refractivity contribution < 1.29 is 13.9 Å². The molecule has 1 fully saturated rings. The summed E-state index contributed by atoms with van der Waals surface area (Å²) in [6, 6.07) is 8.19. The number of carbonyl (C=O) groups is 1. The van der Waals surface area contributed by atoms with Gasteiger partial charge in [-0.05, 0) is 42.8 Å². The molecule has 1 amide bonds. The highest BCUT2D eigenvalue weighted by Crippen LogP contribution is 2.21. The molecule has 0 aliphatic carbocycles. The molecule has 1 saturated heterocycles. The lowest BCUT2D eigenvalue weighted by Gasteiger charge is -2.33. The number of carbonyl (C=O) groups excluding carboxylic acids is 1. The predicted molar refractivity (Wildman–Crippen MR) is 98.7 cm³/mol. The van der Waals surface area contributed by atoms with Crippen LogP contribution in [0.25, 0.3) is 0 Å². The zero-order valence-corrected chi connectivity index (χ0v) is 15.3. The van der Waals surface area contributed by atoms with Gasteiger partial charge in [0.15, 0.2) is 0 Å². The van der Waals surface area contributed by atoms with E-state index >= 15 is 0 Å². The third-order valence-electron chi connectivity index (χ3n) is 4.51. The van der Waals surface area contributed by atoms with Crippen molar-refractivity contribution in [2.75, 3.05) is 32.8 Å². The molecule has 0 aromatic carbocycles. The lowest BCUT2D eigenvalue weighted by molar-refractivity contribution is -0.121. The Labute approximate surface area is 153 Å². The molecule has 0 radical (unpaired) electrons. The smallest absolute Gasteiger partial charge is 0.220 e. The molecule has 1 N–H and O–H groups in total. The molecule has 3 rings (SSSR count). The van der Waals surface area contributed by atoms with Gasteiger partial charge in [-0.2, -0.15) is 0 Å². The van der Waals surface area contributed by atoms with Gasteiger partial charge in [-0.1, -0.05) is 6.07 Å². The number of nitrogens with zero attached hydrogens (tertiary/aromatic N) is 1. The van der Waals surface area contributed by atoms with Gasteiger partial charge in [-0.15, -0.1) is 11.3 Å². The highest BCUT2D eigenvalue weighted by Gasteiger charge is 2.25. The summed E-state index contributed by atoms with van der Waals surface area (Å²) < 4.78 is 11.0. The van der Waals surface area contributed by atoms with Gasteiger partial charge < -0.3 is 14.5 Å². The lowest BCUT2D eigenvalue weighted by atomic mass is 10.1. The summed E-state index contributed by atoms with van der Waals surface area (Å²) in [5.41, 5.74) is 0. The van der Waals surface area contributed by atoms with Gasteiger partial charge in [-0.3, -0.25) is 9.69 Å². The number of nitrogens with one attached hydrogen (secondary N) is 1. The number of thiophene rings is 1. The number of aryl methyl sites for hydroxylation is 1. The van der Waals surface area contributed by atoms with Crippen molar-refractivity contribution >= 4 is 17.2 Å². The Hall–Kier alpha value is -1.63. The average Bonchev–Trinajstić information content (AvgIpc) is 3.34. The Morgan fingerprint density at radius 3 is 2.84 bits per heavy atom. The maximum absolute atomic E-state index is 12.2. The van der Waals surface area contributed by atoms with E-state index in [0.717, 1.165) is 51.3 Å². The summed E-state index contributed by atoms with van der Waals surface area (Å²) >= 11 is 1.78. The first kappa shape index (κ1) is 18.2. The third kappa shape index (κ3) is 5.70. The van der Waals surface area contributed by atoms with Crippen molar-refractivity contribution in [3.8, 4) is 0 Å². The van der Waals surface area contributed by atoms with Crippen LogP contribution in [0.3, 0.4) is 0 Å². The van der Waals surface area contributed by atoms with Crippen molar-refractivity contribution in [1.29, 1.82) is 0 Å². The second-order valence-electron chi connectivity index (χ2n) is 6.27. The van der Waals surface area contributed by atoms with E-state index < -0.39 is 0 Å². The summed E-state index contributed by atoms with van der Waals surface area (Å²) in [6.45, 7) is 3.77. The van der Waals surface area contributed by atoms with Gasteiger partial charge in [0.2, 0.25) is 5.91 Å². The number of ether oxygens (including phenoxy) is 1. The minimum Gasteiger partial charge on any atom is -0.468 e. The summed E-state index contributed by atoms with van der Waals surface area (Å²) in [4.78, 5) is 15.9. The van der Waals surface area contributed by atoms with Crippen LogP contribution in [0.5, 0.6) is 0 Å². The molecule has 25 heavy (non-hydrogen) atoms. The number of morpholine rings is 1. The normalized spacial score (nSPS) is 16.6. The number of unbranched alkanes of at least 4 members (excludes halogenated alkanes) is 1. The van der Waals surface area contributed by atoms with Crippen LogP contribution in [-0.2, 0) is 16.0 Å². The summed E-state index contributed by atoms with van der Waals surface area (Å²) in [6.07, 6.45) is 5.31. The fourth-order valence-corrected chi connectivity index (χ4v) is 3.87. The van der Waals surface area contributed by atoms with Gasteiger partial charge in [0.25, 0.3) is 0 Å². The lowest BCUT2D eigenvalue weighted by Crippen LogP contribution is -2.43. The molecule has 0 bridgehead atoms. The molecule has 0 spiro atoms. The Balaban J connectivity index is 1.41. The van der Waals surface area contributed by atoms with E-state index in [-0.39, 0.29) is 11.9 Å². The molecule has 6 heteroatoms. The van der Waals surface area contributed by atoms with Crippen LogP contribution in [0.2, 0.25) is 0 Å². The number of rotatable bonds is 9. The van der Waals surface area contributed by atoms with Gasteiger partial charge in [0, 0.05) is 30.9 Å². The fraction of sp³-hybridized carbons (Fsp3) is 0.526. The van der Waals surface area contributed by atoms with Crippen molar-refractivity contribution in [3.05, 3.63) is 46.5 Å². The third-order valence-corrected chi connectivity index (χ3v) is 5.44. The van der Waals surface area contributed by atoms with Crippen LogP contribution >= 0.6 is 11.3 Å². The Morgan fingerprint density at radius 1 is 1.24 bits per heavy atom. The summed E-state index contributed by atoms with van der Waals surface area (Å²) in [5.74, 6) is 1.02. The van der Waals surface area contributed by atoms with E-state index in [4.69, 9.17) is 9.15 Å². The first-order valence-electron chi connectivity index (χ1n) is 8.97. The zero-order chi connectivity index (χ0) is 17.3. The van der Waals surface area contributed by atoms with E-state index in [0.29, 0.717) is 13.0 Å². The predicted octanol–water partition coefficient (Wildman–Crippen LogP) is 3.24. The van der Waals surface area contributed by atoms with Crippen molar-refractivity contribution in [2.45, 2.75) is 31.7 Å². The second kappa shape index (κ2) is 9.75. The van der Waals surface area contributed by atoms with Gasteiger partial charge in [0.05, 0.1) is 25.5 Å². The molecule has 136 valence electrons. The van der Waals surface area contributed by atoms with Gasteiger partial charge >= 0.3 is 0 Å². The van der Waals surface area contributed by atoms with Crippen molar-refractivity contribution in [1.82, 2.24) is 10.2 Å². The van der Waals surface area contributed by atoms with Crippen LogP contribution < -0.4 is 5.32 Å².